The van der Waals surface area contributed by atoms with Gasteiger partial charge in [0, 0.05) is 32.7 Å². The van der Waals surface area contributed by atoms with Gasteiger partial charge in [0.15, 0.2) is 0 Å². The molecule has 0 bridgehead atoms. The number of nitrogens with one attached hydrogen (secondary N) is 1. The van der Waals surface area contributed by atoms with Gasteiger partial charge in [0.05, 0.1) is 6.61 Å². The number of urea groups is 1. The molecule has 0 spiro atoms. The molecule has 0 atom stereocenters. The molecule has 0 aromatic heterocycles. The maximum Gasteiger partial charge on any atom is 0.409 e. The molecule has 1 heterocycles. The minimum Gasteiger partial charge on any atom is -0.450 e. The van der Waals surface area contributed by atoms with Crippen molar-refractivity contribution in [2.45, 2.75) is 34.1 Å². The van der Waals surface area contributed by atoms with Crippen molar-refractivity contribution >= 4 is 12.1 Å². The average molecular weight is 285 g/mol. The van der Waals surface area contributed by atoms with Crippen LogP contribution in [-0.4, -0.2) is 61.3 Å². The molecule has 6 nitrogen and oxygen atoms in total. The Morgan fingerprint density at radius 1 is 1.10 bits per heavy atom. The van der Waals surface area contributed by atoms with Crippen LogP contribution in [0.25, 0.3) is 0 Å². The highest BCUT2D eigenvalue weighted by Crippen LogP contribution is 2.11. The van der Waals surface area contributed by atoms with Crippen LogP contribution in [0.2, 0.25) is 0 Å². The highest BCUT2D eigenvalue weighted by Gasteiger charge is 2.23. The van der Waals surface area contributed by atoms with Gasteiger partial charge in [-0.25, -0.2) is 9.59 Å². The Bertz CT molecular complexity index is 339. The summed E-state index contributed by atoms with van der Waals surface area (Å²) in [6.07, 6.45) is 0.492. The highest BCUT2D eigenvalue weighted by molar-refractivity contribution is 5.74. The van der Waals surface area contributed by atoms with Crippen LogP contribution in [-0.2, 0) is 4.74 Å². The minimum atomic E-state index is -0.288. The third kappa shape index (κ3) is 5.67. The van der Waals surface area contributed by atoms with Crippen molar-refractivity contribution in [1.29, 1.82) is 0 Å². The number of nitrogens with zero attached hydrogens (tertiary/aromatic N) is 2. The lowest BCUT2D eigenvalue weighted by Crippen LogP contribution is -2.44. The van der Waals surface area contributed by atoms with E-state index in [9.17, 15) is 9.59 Å². The molecule has 1 N–H and O–H groups in total. The second-order valence-corrected chi connectivity index (χ2v) is 6.25. The summed E-state index contributed by atoms with van der Waals surface area (Å²) in [5.41, 5.74) is 0.0679. The molecule has 1 aliphatic heterocycles. The van der Waals surface area contributed by atoms with E-state index in [2.05, 4.69) is 26.1 Å². The SMILES string of the molecule is CCOC(=O)N1CCCN(C(=O)NCC(C)(C)C)CC1. The summed E-state index contributed by atoms with van der Waals surface area (Å²) in [5.74, 6) is 0. The molecular weight excluding hydrogens is 258 g/mol. The predicted octanol–water partition coefficient (Wildman–Crippen LogP) is 1.91. The molecule has 1 rings (SSSR count). The van der Waals surface area contributed by atoms with Gasteiger partial charge >= 0.3 is 12.1 Å². The summed E-state index contributed by atoms with van der Waals surface area (Å²) in [4.78, 5) is 27.2. The Morgan fingerprint density at radius 3 is 2.30 bits per heavy atom. The first-order valence-electron chi connectivity index (χ1n) is 7.28. The van der Waals surface area contributed by atoms with E-state index in [1.807, 2.05) is 0 Å². The summed E-state index contributed by atoms with van der Waals surface area (Å²) in [5, 5.41) is 2.94. The van der Waals surface area contributed by atoms with Crippen molar-refractivity contribution in [2.75, 3.05) is 39.3 Å². The number of carbonyl (C=O) groups is 2. The molecule has 0 aromatic carbocycles. The number of rotatable bonds is 2. The number of ether oxygens (including phenoxy) is 1. The summed E-state index contributed by atoms with van der Waals surface area (Å²) in [6.45, 7) is 11.5. The summed E-state index contributed by atoms with van der Waals surface area (Å²) < 4.78 is 4.99. The molecule has 0 unspecified atom stereocenters. The van der Waals surface area contributed by atoms with Gasteiger partial charge in [0.25, 0.3) is 0 Å². The molecule has 6 heteroatoms. The fourth-order valence-electron chi connectivity index (χ4n) is 1.97. The van der Waals surface area contributed by atoms with Gasteiger partial charge in [-0.15, -0.1) is 0 Å². The molecule has 0 aromatic rings. The van der Waals surface area contributed by atoms with Crippen LogP contribution in [0.4, 0.5) is 9.59 Å². The smallest absolute Gasteiger partial charge is 0.409 e. The van der Waals surface area contributed by atoms with Gasteiger partial charge in [-0.3, -0.25) is 0 Å². The summed E-state index contributed by atoms with van der Waals surface area (Å²) in [6, 6.07) is -0.0503. The topological polar surface area (TPSA) is 61.9 Å². The van der Waals surface area contributed by atoms with Crippen molar-refractivity contribution in [3.05, 3.63) is 0 Å². The van der Waals surface area contributed by atoms with Crippen LogP contribution < -0.4 is 5.32 Å². The lowest BCUT2D eigenvalue weighted by atomic mass is 9.97. The van der Waals surface area contributed by atoms with Crippen LogP contribution in [0.3, 0.4) is 0 Å². The summed E-state index contributed by atoms with van der Waals surface area (Å²) >= 11 is 0. The van der Waals surface area contributed by atoms with E-state index >= 15 is 0 Å². The Labute approximate surface area is 121 Å². The molecule has 0 saturated carbocycles. The summed E-state index contributed by atoms with van der Waals surface area (Å²) in [7, 11) is 0. The standard InChI is InChI=1S/C14H27N3O3/c1-5-20-13(19)17-8-6-7-16(9-10-17)12(18)15-11-14(2,3)4/h5-11H2,1-4H3,(H,15,18). The van der Waals surface area contributed by atoms with E-state index < -0.39 is 0 Å². The molecule has 1 aliphatic rings. The molecule has 0 aliphatic carbocycles. The van der Waals surface area contributed by atoms with Crippen LogP contribution in [0.5, 0.6) is 0 Å². The Hall–Kier alpha value is -1.46. The van der Waals surface area contributed by atoms with Crippen LogP contribution in [0.1, 0.15) is 34.1 Å². The minimum absolute atomic E-state index is 0.0503. The second kappa shape index (κ2) is 7.36. The maximum atomic E-state index is 12.1. The zero-order valence-electron chi connectivity index (χ0n) is 13.1. The van der Waals surface area contributed by atoms with Crippen molar-refractivity contribution in [3.63, 3.8) is 0 Å². The number of hydrogen-bond donors (Lipinski definition) is 1. The molecule has 0 radical (unpaired) electrons. The van der Waals surface area contributed by atoms with Gasteiger partial charge in [-0.2, -0.15) is 0 Å². The molecule has 3 amide bonds. The molecule has 1 fully saturated rings. The van der Waals surface area contributed by atoms with Gasteiger partial charge in [-0.05, 0) is 18.8 Å². The van der Waals surface area contributed by atoms with Gasteiger partial charge < -0.3 is 19.9 Å². The zero-order chi connectivity index (χ0) is 15.2. The van der Waals surface area contributed by atoms with Gasteiger partial charge in [0.2, 0.25) is 0 Å². The van der Waals surface area contributed by atoms with E-state index in [4.69, 9.17) is 4.74 Å². The van der Waals surface area contributed by atoms with Crippen molar-refractivity contribution < 1.29 is 14.3 Å². The number of hydrogen-bond acceptors (Lipinski definition) is 3. The third-order valence-corrected chi connectivity index (χ3v) is 3.08. The van der Waals surface area contributed by atoms with E-state index in [0.717, 1.165) is 6.42 Å². The first-order chi connectivity index (χ1) is 9.33. The van der Waals surface area contributed by atoms with Crippen molar-refractivity contribution in [1.82, 2.24) is 15.1 Å². The van der Waals surface area contributed by atoms with E-state index in [1.165, 1.54) is 0 Å². The van der Waals surface area contributed by atoms with E-state index in [-0.39, 0.29) is 17.5 Å². The third-order valence-electron chi connectivity index (χ3n) is 3.08. The monoisotopic (exact) mass is 285 g/mol. The molecular formula is C14H27N3O3. The van der Waals surface area contributed by atoms with Crippen LogP contribution in [0, 0.1) is 5.41 Å². The Morgan fingerprint density at radius 2 is 1.70 bits per heavy atom. The first-order valence-corrected chi connectivity index (χ1v) is 7.28. The normalized spacial score (nSPS) is 16.6. The quantitative estimate of drug-likeness (QED) is 0.843. The average Bonchev–Trinajstić information content (AvgIpc) is 2.61. The molecule has 116 valence electrons. The van der Waals surface area contributed by atoms with E-state index in [1.54, 1.807) is 16.7 Å². The fraction of sp³-hybridized carbons (Fsp3) is 0.857. The number of carbonyl (C=O) groups excluding carboxylic acids is 2. The predicted molar refractivity (Wildman–Crippen MR) is 77.6 cm³/mol. The van der Waals surface area contributed by atoms with Crippen molar-refractivity contribution in [3.8, 4) is 0 Å². The van der Waals surface area contributed by atoms with Gasteiger partial charge in [-0.1, -0.05) is 20.8 Å². The largest absolute Gasteiger partial charge is 0.450 e. The first kappa shape index (κ1) is 16.6. The molecule has 1 saturated heterocycles. The van der Waals surface area contributed by atoms with Crippen LogP contribution >= 0.6 is 0 Å². The lowest BCUT2D eigenvalue weighted by molar-refractivity contribution is 0.108. The molecule has 20 heavy (non-hydrogen) atoms. The van der Waals surface area contributed by atoms with Gasteiger partial charge in [0.1, 0.15) is 0 Å². The number of amides is 3. The Balaban J connectivity index is 2.43. The lowest BCUT2D eigenvalue weighted by Gasteiger charge is -2.25. The van der Waals surface area contributed by atoms with Crippen LogP contribution in [0.15, 0.2) is 0 Å². The van der Waals surface area contributed by atoms with E-state index in [0.29, 0.717) is 39.3 Å². The Kier molecular flexibility index (Phi) is 6.10. The fourth-order valence-corrected chi connectivity index (χ4v) is 1.97. The highest BCUT2D eigenvalue weighted by atomic mass is 16.6. The second-order valence-electron chi connectivity index (χ2n) is 6.25. The zero-order valence-corrected chi connectivity index (χ0v) is 13.1. The van der Waals surface area contributed by atoms with Crippen molar-refractivity contribution in [2.24, 2.45) is 5.41 Å². The maximum absolute atomic E-state index is 12.1.